The average Bonchev–Trinajstić information content (AvgIpc) is 3.19. The van der Waals surface area contributed by atoms with Crippen molar-refractivity contribution in [2.45, 2.75) is 31.8 Å². The van der Waals surface area contributed by atoms with Crippen molar-refractivity contribution < 1.29 is 9.90 Å². The molecule has 1 N–H and O–H groups in total. The Bertz CT molecular complexity index is 1070. The summed E-state index contributed by atoms with van der Waals surface area (Å²) in [6, 6.07) is 13.9. The number of carbonyl (C=O) groups is 1. The molecule has 2 aliphatic heterocycles. The summed E-state index contributed by atoms with van der Waals surface area (Å²) in [5, 5.41) is 11.9. The van der Waals surface area contributed by atoms with E-state index in [0.717, 1.165) is 49.1 Å². The third kappa shape index (κ3) is 4.12. The minimum absolute atomic E-state index is 0.0860. The predicted molar refractivity (Wildman–Crippen MR) is 121 cm³/mol. The molecule has 0 saturated carbocycles. The van der Waals surface area contributed by atoms with E-state index in [9.17, 15) is 9.90 Å². The molecular weight excluding hydrogens is 388 g/mol. The van der Waals surface area contributed by atoms with E-state index in [1.807, 2.05) is 41.4 Å². The van der Waals surface area contributed by atoms with Crippen LogP contribution in [0.2, 0.25) is 0 Å². The fraction of sp³-hybridized carbons (Fsp3) is 0.400. The number of fused-ring (bicyclic) bond motifs is 1. The topological polar surface area (TPSA) is 69.6 Å². The van der Waals surface area contributed by atoms with Crippen LogP contribution in [-0.2, 0) is 6.42 Å². The number of hydrogen-bond acceptors (Lipinski definition) is 5. The molecular formula is C25H28N4O2. The molecule has 0 unspecified atom stereocenters. The zero-order chi connectivity index (χ0) is 21.2. The van der Waals surface area contributed by atoms with Crippen molar-refractivity contribution in [3.63, 3.8) is 0 Å². The number of nitrogens with zero attached hydrogens (tertiary/aromatic N) is 4. The highest BCUT2D eigenvalue weighted by Gasteiger charge is 2.33. The molecule has 31 heavy (non-hydrogen) atoms. The number of carbonyl (C=O) groups excluding carboxylic acids is 1. The molecule has 0 bridgehead atoms. The third-order valence-corrected chi connectivity index (χ3v) is 6.59. The standard InChI is InChI=1S/C25H28N4O2/c30-23-17-29(16-20(23)14-18-8-10-26-22-7-3-2-6-21(18)22)24-15-19(9-11-27-24)25(31)28-12-4-1-5-13-28/h2-3,6-11,15,20,23,30H,1,4-5,12-14,16-17H2/t20-,23-/m1/s1. The van der Waals surface area contributed by atoms with E-state index in [2.05, 4.69) is 20.9 Å². The van der Waals surface area contributed by atoms with Gasteiger partial charge in [-0.05, 0) is 55.5 Å². The van der Waals surface area contributed by atoms with E-state index in [-0.39, 0.29) is 11.8 Å². The molecule has 4 heterocycles. The molecule has 0 aliphatic carbocycles. The first kappa shape index (κ1) is 19.9. The number of aliphatic hydroxyl groups is 1. The van der Waals surface area contributed by atoms with Gasteiger partial charge in [0.05, 0.1) is 11.6 Å². The van der Waals surface area contributed by atoms with Crippen LogP contribution in [0.1, 0.15) is 35.2 Å². The van der Waals surface area contributed by atoms with Crippen molar-refractivity contribution in [2.24, 2.45) is 5.92 Å². The van der Waals surface area contributed by atoms with Crippen LogP contribution in [0.4, 0.5) is 5.82 Å². The summed E-state index contributed by atoms with van der Waals surface area (Å²) in [6.07, 6.45) is 7.26. The van der Waals surface area contributed by atoms with Gasteiger partial charge >= 0.3 is 0 Å². The first-order chi connectivity index (χ1) is 15.2. The van der Waals surface area contributed by atoms with E-state index < -0.39 is 6.10 Å². The molecule has 1 amide bonds. The van der Waals surface area contributed by atoms with Gasteiger partial charge in [-0.25, -0.2) is 4.98 Å². The van der Waals surface area contributed by atoms with Crippen molar-refractivity contribution >= 4 is 22.6 Å². The van der Waals surface area contributed by atoms with Gasteiger partial charge in [-0.15, -0.1) is 0 Å². The summed E-state index contributed by atoms with van der Waals surface area (Å²) >= 11 is 0. The van der Waals surface area contributed by atoms with E-state index in [1.54, 1.807) is 12.3 Å². The maximum atomic E-state index is 12.9. The number of aliphatic hydroxyl groups excluding tert-OH is 1. The van der Waals surface area contributed by atoms with Crippen molar-refractivity contribution in [2.75, 3.05) is 31.1 Å². The second kappa shape index (κ2) is 8.63. The Labute approximate surface area is 182 Å². The van der Waals surface area contributed by atoms with E-state index in [4.69, 9.17) is 0 Å². The number of benzene rings is 1. The van der Waals surface area contributed by atoms with Crippen LogP contribution in [0, 0.1) is 5.92 Å². The highest BCUT2D eigenvalue weighted by Crippen LogP contribution is 2.28. The van der Waals surface area contributed by atoms with E-state index in [0.29, 0.717) is 18.7 Å². The number of anilines is 1. The maximum Gasteiger partial charge on any atom is 0.254 e. The number of para-hydroxylation sites is 1. The number of aromatic nitrogens is 2. The largest absolute Gasteiger partial charge is 0.391 e. The van der Waals surface area contributed by atoms with Gasteiger partial charge in [0.15, 0.2) is 0 Å². The van der Waals surface area contributed by atoms with Gasteiger partial charge in [-0.3, -0.25) is 9.78 Å². The lowest BCUT2D eigenvalue weighted by molar-refractivity contribution is 0.0724. The van der Waals surface area contributed by atoms with Crippen molar-refractivity contribution in [3.05, 3.63) is 66.0 Å². The van der Waals surface area contributed by atoms with Crippen molar-refractivity contribution in [1.29, 1.82) is 0 Å². The smallest absolute Gasteiger partial charge is 0.254 e. The van der Waals surface area contributed by atoms with Gasteiger partial charge in [0.25, 0.3) is 5.91 Å². The second-order valence-electron chi connectivity index (χ2n) is 8.68. The summed E-state index contributed by atoms with van der Waals surface area (Å²) in [6.45, 7) is 2.91. The second-order valence-corrected chi connectivity index (χ2v) is 8.68. The number of piperidine rings is 1. The lowest BCUT2D eigenvalue weighted by Crippen LogP contribution is -2.35. The number of amides is 1. The molecule has 2 atom stereocenters. The Kier molecular flexibility index (Phi) is 5.55. The molecule has 6 nitrogen and oxygen atoms in total. The summed E-state index contributed by atoms with van der Waals surface area (Å²) in [7, 11) is 0. The highest BCUT2D eigenvalue weighted by molar-refractivity contribution is 5.95. The first-order valence-corrected chi connectivity index (χ1v) is 11.2. The molecule has 2 fully saturated rings. The van der Waals surface area contributed by atoms with Crippen LogP contribution in [-0.4, -0.2) is 58.2 Å². The number of pyridine rings is 2. The van der Waals surface area contributed by atoms with Gasteiger partial charge in [0, 0.05) is 55.4 Å². The molecule has 0 spiro atoms. The van der Waals surface area contributed by atoms with E-state index >= 15 is 0 Å². The quantitative estimate of drug-likeness (QED) is 0.707. The maximum absolute atomic E-state index is 12.9. The van der Waals surface area contributed by atoms with Crippen LogP contribution in [0.3, 0.4) is 0 Å². The van der Waals surface area contributed by atoms with Crippen LogP contribution in [0.15, 0.2) is 54.9 Å². The molecule has 1 aromatic carbocycles. The molecule has 160 valence electrons. The first-order valence-electron chi connectivity index (χ1n) is 11.2. The van der Waals surface area contributed by atoms with Crippen LogP contribution < -0.4 is 4.90 Å². The molecule has 2 aromatic heterocycles. The predicted octanol–water partition coefficient (Wildman–Crippen LogP) is 3.30. The van der Waals surface area contributed by atoms with Gasteiger partial charge in [-0.1, -0.05) is 18.2 Å². The van der Waals surface area contributed by atoms with Crippen molar-refractivity contribution in [1.82, 2.24) is 14.9 Å². The molecule has 5 rings (SSSR count). The zero-order valence-corrected chi connectivity index (χ0v) is 17.7. The molecule has 3 aromatic rings. The number of β-amino-alcohol motifs (C(OH)–C–C–N with tert-alkyl or cyclic N) is 1. The molecule has 2 saturated heterocycles. The van der Waals surface area contributed by atoms with Crippen LogP contribution in [0.25, 0.3) is 10.9 Å². The molecule has 6 heteroatoms. The minimum Gasteiger partial charge on any atom is -0.391 e. The Morgan fingerprint density at radius 1 is 1.00 bits per heavy atom. The summed E-state index contributed by atoms with van der Waals surface area (Å²) in [5.41, 5.74) is 2.87. The Morgan fingerprint density at radius 3 is 2.68 bits per heavy atom. The van der Waals surface area contributed by atoms with Gasteiger partial charge in [0.2, 0.25) is 0 Å². The average molecular weight is 417 g/mol. The number of hydrogen-bond donors (Lipinski definition) is 1. The van der Waals surface area contributed by atoms with E-state index in [1.165, 1.54) is 12.0 Å². The van der Waals surface area contributed by atoms with Gasteiger partial charge in [0.1, 0.15) is 5.82 Å². The normalized spacial score (nSPS) is 21.6. The Hall–Kier alpha value is -2.99. The SMILES string of the molecule is O=C(c1ccnc(N2C[C@@H](Cc3ccnc4ccccc34)[C@H](O)C2)c1)N1CCCCC1. The fourth-order valence-corrected chi connectivity index (χ4v) is 4.86. The minimum atomic E-state index is -0.435. The monoisotopic (exact) mass is 416 g/mol. The number of likely N-dealkylation sites (tertiary alicyclic amines) is 1. The molecule has 0 radical (unpaired) electrons. The molecule has 2 aliphatic rings. The van der Waals surface area contributed by atoms with Gasteiger partial charge < -0.3 is 14.9 Å². The Balaban J connectivity index is 1.32. The summed E-state index contributed by atoms with van der Waals surface area (Å²) in [5.74, 6) is 0.959. The van der Waals surface area contributed by atoms with Crippen molar-refractivity contribution in [3.8, 4) is 0 Å². The highest BCUT2D eigenvalue weighted by atomic mass is 16.3. The lowest BCUT2D eigenvalue weighted by Gasteiger charge is -2.27. The third-order valence-electron chi connectivity index (χ3n) is 6.59. The number of rotatable bonds is 4. The Morgan fingerprint density at radius 2 is 1.81 bits per heavy atom. The lowest BCUT2D eigenvalue weighted by atomic mass is 9.94. The fourth-order valence-electron chi connectivity index (χ4n) is 4.86. The summed E-state index contributed by atoms with van der Waals surface area (Å²) in [4.78, 5) is 25.9. The van der Waals surface area contributed by atoms with Crippen LogP contribution >= 0.6 is 0 Å². The van der Waals surface area contributed by atoms with Crippen LogP contribution in [0.5, 0.6) is 0 Å². The summed E-state index contributed by atoms with van der Waals surface area (Å²) < 4.78 is 0. The van der Waals surface area contributed by atoms with Gasteiger partial charge in [-0.2, -0.15) is 0 Å². The zero-order valence-electron chi connectivity index (χ0n) is 17.7.